The standard InChI is InChI=1S/C38H36NO8P/c1-8-9-10-11-12-13-14-15-16-17-18-19-20-21-22-23-24-25-26-29-35(40)39-30-27-28-33-36(43-7)37(34(45-33)31-44-32(2)3)46-48(41,42)47-38(4,5)6/h32-34,36-37H,27-28,30-31H2,1-7H3,(H,39,40)(H,41,42)/t33-,34+,36+,37?/m0/s1. The average molecular weight is 666 g/mol. The van der Waals surface area contributed by atoms with Gasteiger partial charge in [0.1, 0.15) is 18.3 Å². The molecule has 2 unspecified atom stereocenters. The molecule has 48 heavy (non-hydrogen) atoms. The van der Waals surface area contributed by atoms with Crippen molar-refractivity contribution in [2.24, 2.45) is 0 Å². The van der Waals surface area contributed by atoms with Crippen LogP contribution in [0.25, 0.3) is 0 Å². The van der Waals surface area contributed by atoms with E-state index in [2.05, 4.69) is 124 Å². The third-order valence-corrected chi connectivity index (χ3v) is 6.52. The smallest absolute Gasteiger partial charge is 0.376 e. The van der Waals surface area contributed by atoms with Gasteiger partial charge in [0.05, 0.1) is 24.4 Å². The van der Waals surface area contributed by atoms with E-state index in [1.165, 1.54) is 7.11 Å². The zero-order chi connectivity index (χ0) is 35.7. The number of carbonyl (C=O) groups is 1. The molecule has 1 fully saturated rings. The second-order valence-electron chi connectivity index (χ2n) is 10.6. The van der Waals surface area contributed by atoms with Crippen LogP contribution in [0.4, 0.5) is 0 Å². The molecule has 10 heteroatoms. The predicted octanol–water partition coefficient (Wildman–Crippen LogP) is 2.44. The Bertz CT molecular complexity index is 1830. The van der Waals surface area contributed by atoms with Crippen LogP contribution in [0.2, 0.25) is 0 Å². The van der Waals surface area contributed by atoms with Gasteiger partial charge in [-0.25, -0.2) is 4.57 Å². The first-order valence-corrected chi connectivity index (χ1v) is 16.1. The van der Waals surface area contributed by atoms with Gasteiger partial charge in [0.2, 0.25) is 0 Å². The van der Waals surface area contributed by atoms with Crippen molar-refractivity contribution >= 4 is 13.7 Å². The van der Waals surface area contributed by atoms with Crippen LogP contribution in [0.1, 0.15) is 54.4 Å². The van der Waals surface area contributed by atoms with Gasteiger partial charge in [-0.05, 0) is 149 Å². The monoisotopic (exact) mass is 665 g/mol. The van der Waals surface area contributed by atoms with Crippen LogP contribution in [0, 0.1) is 118 Å². The molecule has 1 aliphatic heterocycles. The van der Waals surface area contributed by atoms with Gasteiger partial charge in [0, 0.05) is 31.4 Å². The van der Waals surface area contributed by atoms with E-state index in [9.17, 15) is 14.3 Å². The molecule has 0 bridgehead atoms. The number of rotatable bonds is 11. The molecule has 5 atom stereocenters. The lowest BCUT2D eigenvalue weighted by Gasteiger charge is -2.28. The van der Waals surface area contributed by atoms with Crippen LogP contribution >= 0.6 is 7.82 Å². The summed E-state index contributed by atoms with van der Waals surface area (Å²) < 4.78 is 40.9. The van der Waals surface area contributed by atoms with Crippen LogP contribution in [0.5, 0.6) is 0 Å². The Hall–Kier alpha value is -4.94. The Kier molecular flexibility index (Phi) is 20.0. The first kappa shape index (κ1) is 41.1. The number of hydrogen-bond acceptors (Lipinski definition) is 7. The van der Waals surface area contributed by atoms with Crippen molar-refractivity contribution in [3.8, 4) is 118 Å². The van der Waals surface area contributed by atoms with Crippen molar-refractivity contribution in [1.82, 2.24) is 5.32 Å². The highest BCUT2D eigenvalue weighted by atomic mass is 31.2. The Labute approximate surface area is 285 Å². The van der Waals surface area contributed by atoms with E-state index >= 15 is 0 Å². The highest BCUT2D eigenvalue weighted by molar-refractivity contribution is 7.47. The van der Waals surface area contributed by atoms with E-state index in [0.717, 1.165) is 0 Å². The van der Waals surface area contributed by atoms with Crippen LogP contribution in [-0.2, 0) is 32.6 Å². The van der Waals surface area contributed by atoms with Crippen molar-refractivity contribution < 1.29 is 37.5 Å². The van der Waals surface area contributed by atoms with Crippen molar-refractivity contribution in [1.29, 1.82) is 0 Å². The molecule has 9 nitrogen and oxygen atoms in total. The molecular formula is C38H36NO8P. The van der Waals surface area contributed by atoms with Crippen LogP contribution < -0.4 is 5.32 Å². The second-order valence-corrected chi connectivity index (χ2v) is 11.9. The van der Waals surface area contributed by atoms with Crippen molar-refractivity contribution in [2.45, 2.75) is 90.5 Å². The Morgan fingerprint density at radius 2 is 1.29 bits per heavy atom. The second kappa shape index (κ2) is 23.4. The highest BCUT2D eigenvalue weighted by Gasteiger charge is 2.49. The molecule has 1 amide bonds. The van der Waals surface area contributed by atoms with Gasteiger partial charge in [0.15, 0.2) is 0 Å². The molecule has 0 aromatic carbocycles. The number of methoxy groups -OCH3 is 1. The fourth-order valence-electron chi connectivity index (χ4n) is 3.59. The normalized spacial score (nSPS) is 17.9. The van der Waals surface area contributed by atoms with E-state index in [1.807, 2.05) is 13.8 Å². The number of phosphoric acid groups is 1. The van der Waals surface area contributed by atoms with Gasteiger partial charge in [-0.3, -0.25) is 13.8 Å². The Morgan fingerprint density at radius 1 is 0.812 bits per heavy atom. The zero-order valence-electron chi connectivity index (χ0n) is 28.0. The topological polar surface area (TPSA) is 113 Å². The summed E-state index contributed by atoms with van der Waals surface area (Å²) in [6.45, 7) is 10.8. The average Bonchev–Trinajstić information content (AvgIpc) is 3.32. The minimum Gasteiger partial charge on any atom is -0.376 e. The Balaban J connectivity index is 2.58. The molecule has 0 radical (unpaired) electrons. The van der Waals surface area contributed by atoms with Crippen LogP contribution in [0.3, 0.4) is 0 Å². The number of ether oxygens (including phenoxy) is 3. The molecule has 1 saturated heterocycles. The third kappa shape index (κ3) is 20.2. The number of phosphoric ester groups is 1. The zero-order valence-corrected chi connectivity index (χ0v) is 28.9. The summed E-state index contributed by atoms with van der Waals surface area (Å²) in [6.07, 6.45) is -1.86. The fourth-order valence-corrected chi connectivity index (χ4v) is 4.89. The SMILES string of the molecule is CC#CC#CC#CC#CC#CC#CC#CC#CC#CC#CC(=O)NCCC[C@@H]1O[C@H](COC(C)C)C(OP(=O)(O)OC(C)(C)C)[C@@H]1OC. The molecule has 1 aliphatic rings. The molecule has 1 heterocycles. The number of amides is 1. The summed E-state index contributed by atoms with van der Waals surface area (Å²) in [5.41, 5.74) is -0.911. The molecule has 0 saturated carbocycles. The molecule has 246 valence electrons. The molecule has 0 spiro atoms. The summed E-state index contributed by atoms with van der Waals surface area (Å²) in [4.78, 5) is 22.4. The van der Waals surface area contributed by atoms with Crippen molar-refractivity contribution in [2.75, 3.05) is 20.3 Å². The van der Waals surface area contributed by atoms with Gasteiger partial charge in [-0.15, -0.1) is 0 Å². The van der Waals surface area contributed by atoms with E-state index in [4.69, 9.17) is 23.3 Å². The lowest BCUT2D eigenvalue weighted by Crippen LogP contribution is -2.39. The first-order valence-electron chi connectivity index (χ1n) is 14.6. The number of hydrogen-bond donors (Lipinski definition) is 2. The van der Waals surface area contributed by atoms with Gasteiger partial charge in [0.25, 0.3) is 5.91 Å². The largest absolute Gasteiger partial charge is 0.473 e. The van der Waals surface area contributed by atoms with Crippen molar-refractivity contribution in [3.63, 3.8) is 0 Å². The molecule has 0 aromatic heterocycles. The van der Waals surface area contributed by atoms with E-state index in [-0.39, 0.29) is 12.7 Å². The summed E-state index contributed by atoms with van der Waals surface area (Å²) in [7, 11) is -2.97. The fraction of sp³-hybridized carbons (Fsp3) is 0.447. The third-order valence-electron chi connectivity index (χ3n) is 5.23. The van der Waals surface area contributed by atoms with Crippen LogP contribution in [-0.4, -0.2) is 67.2 Å². The molecule has 0 aromatic rings. The molecular weight excluding hydrogens is 629 g/mol. The molecule has 2 N–H and O–H groups in total. The predicted molar refractivity (Wildman–Crippen MR) is 182 cm³/mol. The lowest BCUT2D eigenvalue weighted by molar-refractivity contribution is -0.115. The quantitative estimate of drug-likeness (QED) is 0.197. The number of nitrogens with one attached hydrogen (secondary N) is 1. The lowest BCUT2D eigenvalue weighted by atomic mass is 10.0. The summed E-state index contributed by atoms with van der Waals surface area (Å²) in [5, 5.41) is 2.68. The maximum absolute atomic E-state index is 12.7. The van der Waals surface area contributed by atoms with Gasteiger partial charge in [-0.2, -0.15) is 0 Å². The van der Waals surface area contributed by atoms with Gasteiger partial charge in [-0.1, -0.05) is 5.92 Å². The minimum absolute atomic E-state index is 0.0920. The maximum atomic E-state index is 12.7. The molecule has 0 aliphatic carbocycles. The van der Waals surface area contributed by atoms with Crippen LogP contribution in [0.15, 0.2) is 0 Å². The summed E-state index contributed by atoms with van der Waals surface area (Å²) >= 11 is 0. The maximum Gasteiger partial charge on any atom is 0.473 e. The van der Waals surface area contributed by atoms with E-state index < -0.39 is 43.7 Å². The first-order chi connectivity index (χ1) is 22.9. The van der Waals surface area contributed by atoms with Gasteiger partial charge < -0.3 is 24.4 Å². The van der Waals surface area contributed by atoms with E-state index in [0.29, 0.717) is 19.4 Å². The van der Waals surface area contributed by atoms with Crippen molar-refractivity contribution in [3.05, 3.63) is 0 Å². The van der Waals surface area contributed by atoms with Gasteiger partial charge >= 0.3 is 7.82 Å². The minimum atomic E-state index is -4.44. The highest BCUT2D eigenvalue weighted by Crippen LogP contribution is 2.50. The molecule has 1 rings (SSSR count). The summed E-state index contributed by atoms with van der Waals surface area (Å²) in [6, 6.07) is 0. The summed E-state index contributed by atoms with van der Waals surface area (Å²) in [5.74, 6) is 49.4. The van der Waals surface area contributed by atoms with E-state index in [1.54, 1.807) is 27.7 Å². The number of carbonyl (C=O) groups excluding carboxylic acids is 1. The Morgan fingerprint density at radius 3 is 1.73 bits per heavy atom.